The molecule has 5 atom stereocenters. The van der Waals surface area contributed by atoms with Crippen LogP contribution >= 0.6 is 0 Å². The highest BCUT2D eigenvalue weighted by Crippen LogP contribution is 2.38. The quantitative estimate of drug-likeness (QED) is 0.191. The molecule has 0 saturated carbocycles. The molecule has 8 nitrogen and oxygen atoms in total. The first-order valence-electron chi connectivity index (χ1n) is 17.3. The average molecular weight is 638 g/mol. The van der Waals surface area contributed by atoms with Crippen molar-refractivity contribution in [1.82, 2.24) is 10.2 Å². The zero-order valence-corrected chi connectivity index (χ0v) is 28.5. The van der Waals surface area contributed by atoms with Gasteiger partial charge in [-0.25, -0.2) is 0 Å². The fourth-order valence-electron chi connectivity index (χ4n) is 6.70. The van der Waals surface area contributed by atoms with Crippen molar-refractivity contribution >= 4 is 23.5 Å². The minimum Gasteiger partial charge on any atom is -0.457 e. The Morgan fingerprint density at radius 1 is 1.17 bits per heavy atom. The molecular formula is C39H51N5O3. The van der Waals surface area contributed by atoms with Gasteiger partial charge in [-0.15, -0.1) is 0 Å². The highest BCUT2D eigenvalue weighted by atomic mass is 16.5. The van der Waals surface area contributed by atoms with Crippen molar-refractivity contribution in [2.24, 2.45) is 33.7 Å². The molecule has 3 aliphatic rings. The van der Waals surface area contributed by atoms with E-state index in [1.54, 1.807) is 6.08 Å². The summed E-state index contributed by atoms with van der Waals surface area (Å²) in [6.45, 7) is 12.7. The highest BCUT2D eigenvalue weighted by Gasteiger charge is 2.37. The smallest absolute Gasteiger partial charge is 0.246 e. The third kappa shape index (κ3) is 9.14. The van der Waals surface area contributed by atoms with Crippen LogP contribution in [-0.2, 0) is 9.53 Å². The van der Waals surface area contributed by atoms with Gasteiger partial charge in [-0.05, 0) is 86.8 Å². The summed E-state index contributed by atoms with van der Waals surface area (Å²) in [5.74, 6) is 2.48. The van der Waals surface area contributed by atoms with Crippen LogP contribution in [0, 0.1) is 29.1 Å². The number of para-hydroxylation sites is 1. The predicted octanol–water partition coefficient (Wildman–Crippen LogP) is 7.12. The lowest BCUT2D eigenvalue weighted by Gasteiger charge is -2.38. The Bertz CT molecular complexity index is 1470. The summed E-state index contributed by atoms with van der Waals surface area (Å²) in [5, 5.41) is 12.4. The maximum Gasteiger partial charge on any atom is 0.246 e. The lowest BCUT2D eigenvalue weighted by Crippen LogP contribution is -2.43. The second-order valence-corrected chi connectivity index (χ2v) is 13.2. The number of allylic oxidation sites excluding steroid dienone is 2. The number of piperidine rings is 1. The van der Waals surface area contributed by atoms with Gasteiger partial charge in [-0.2, -0.15) is 0 Å². The average Bonchev–Trinajstić information content (AvgIpc) is 3.56. The number of benzene rings is 2. The molecule has 250 valence electrons. The van der Waals surface area contributed by atoms with Crippen LogP contribution in [0.2, 0.25) is 0 Å². The van der Waals surface area contributed by atoms with E-state index in [1.807, 2.05) is 78.7 Å². The van der Waals surface area contributed by atoms with Gasteiger partial charge in [0.2, 0.25) is 5.91 Å². The van der Waals surface area contributed by atoms with Gasteiger partial charge in [0.15, 0.2) is 0 Å². The van der Waals surface area contributed by atoms with E-state index in [4.69, 9.17) is 24.9 Å². The van der Waals surface area contributed by atoms with E-state index in [9.17, 15) is 4.79 Å². The van der Waals surface area contributed by atoms with Crippen LogP contribution in [0.25, 0.3) is 0 Å². The molecule has 0 radical (unpaired) electrons. The lowest BCUT2D eigenvalue weighted by molar-refractivity contribution is -0.128. The molecule has 5 rings (SSSR count). The van der Waals surface area contributed by atoms with Crippen LogP contribution in [0.1, 0.15) is 58.9 Å². The van der Waals surface area contributed by atoms with Crippen molar-refractivity contribution in [2.75, 3.05) is 39.4 Å². The van der Waals surface area contributed by atoms with Crippen LogP contribution < -0.4 is 10.1 Å². The van der Waals surface area contributed by atoms with Gasteiger partial charge < -0.3 is 25.1 Å². The maximum absolute atomic E-state index is 13.3. The van der Waals surface area contributed by atoms with Crippen LogP contribution in [0.4, 0.5) is 0 Å². The Hall–Kier alpha value is -3.88. The number of nitrogens with zero attached hydrogens (tertiary/aromatic N) is 3. The van der Waals surface area contributed by atoms with E-state index in [2.05, 4.69) is 26.1 Å². The van der Waals surface area contributed by atoms with Crippen LogP contribution in [0.3, 0.4) is 0 Å². The first kappa shape index (κ1) is 34.5. The molecule has 2 N–H and O–H groups in total. The van der Waals surface area contributed by atoms with Crippen molar-refractivity contribution in [2.45, 2.75) is 59.4 Å². The summed E-state index contributed by atoms with van der Waals surface area (Å²) in [6, 6.07) is 18.1. The fraction of sp³-hybridized carbons (Fsp3) is 0.487. The van der Waals surface area contributed by atoms with E-state index in [0.717, 1.165) is 79.5 Å². The first-order chi connectivity index (χ1) is 22.8. The monoisotopic (exact) mass is 637 g/mol. The van der Waals surface area contributed by atoms with E-state index in [0.29, 0.717) is 37.3 Å². The number of nitrogens with one attached hydrogen (secondary N) is 2. The summed E-state index contributed by atoms with van der Waals surface area (Å²) >= 11 is 0. The van der Waals surface area contributed by atoms with E-state index in [-0.39, 0.29) is 23.7 Å². The molecule has 2 fully saturated rings. The zero-order chi connectivity index (χ0) is 33.2. The Morgan fingerprint density at radius 3 is 2.64 bits per heavy atom. The largest absolute Gasteiger partial charge is 0.457 e. The number of aliphatic imine (C=N–C) groups is 2. The summed E-state index contributed by atoms with van der Waals surface area (Å²) in [5.41, 5.74) is 3.94. The summed E-state index contributed by atoms with van der Waals surface area (Å²) in [6.07, 6.45) is 9.73. The molecule has 0 aromatic heterocycles. The summed E-state index contributed by atoms with van der Waals surface area (Å²) < 4.78 is 11.5. The molecular weight excluding hydrogens is 586 g/mol. The number of carbonyl (C=O) groups is 1. The standard InChI is InChI=1S/C39H51N5O3/c1-5-27(2)23-42-38-28(3)35(31-11-10-21-44(25-31)36(45)14-9-20-41-32-19-22-46-26-32)24-43-39(37(38)29(4)40)30-15-17-34(18-16-30)47-33-12-7-6-8-13-33/h6-9,12-18,23,27-28,31-32,35,40-41H,5,10-11,19-22,24-26H2,1-4H3. The molecule has 47 heavy (non-hydrogen) atoms. The molecule has 2 aromatic carbocycles. The number of amides is 1. The second kappa shape index (κ2) is 16.8. The van der Waals surface area contributed by atoms with E-state index in [1.165, 1.54) is 0 Å². The van der Waals surface area contributed by atoms with E-state index < -0.39 is 0 Å². The van der Waals surface area contributed by atoms with Crippen molar-refractivity contribution in [3.63, 3.8) is 0 Å². The third-order valence-corrected chi connectivity index (χ3v) is 9.71. The SMILES string of the molecule is CCC(C)C=NC1=C(C(C)=N)C(c2ccc(Oc3ccccc3)cc2)=NCC(C2CCCN(C(=O)C=CCNC3CCOC3)C2)C1C. The zero-order valence-electron chi connectivity index (χ0n) is 28.5. The molecule has 3 heterocycles. The maximum atomic E-state index is 13.3. The van der Waals surface area contributed by atoms with Crippen LogP contribution in [0.15, 0.2) is 88.0 Å². The van der Waals surface area contributed by atoms with Gasteiger partial charge in [-0.1, -0.05) is 45.0 Å². The number of carbonyl (C=O) groups excluding carboxylic acids is 1. The number of hydrogen-bond donors (Lipinski definition) is 2. The minimum atomic E-state index is 0.0703. The van der Waals surface area contributed by atoms with Crippen LogP contribution in [-0.4, -0.2) is 73.9 Å². The first-order valence-corrected chi connectivity index (χ1v) is 17.3. The number of rotatable bonds is 12. The summed E-state index contributed by atoms with van der Waals surface area (Å²) in [4.78, 5) is 25.6. The Balaban J connectivity index is 1.38. The number of hydrogen-bond acceptors (Lipinski definition) is 7. The lowest BCUT2D eigenvalue weighted by atomic mass is 9.76. The molecule has 0 bridgehead atoms. The van der Waals surface area contributed by atoms with Crippen molar-refractivity contribution in [3.05, 3.63) is 83.6 Å². The molecule has 1 amide bonds. The number of ether oxygens (including phenoxy) is 2. The Kier molecular flexibility index (Phi) is 12.3. The molecule has 5 unspecified atom stereocenters. The van der Waals surface area contributed by atoms with Crippen molar-refractivity contribution in [1.29, 1.82) is 5.41 Å². The van der Waals surface area contributed by atoms with Gasteiger partial charge in [0, 0.05) is 73.9 Å². The third-order valence-electron chi connectivity index (χ3n) is 9.71. The highest BCUT2D eigenvalue weighted by molar-refractivity contribution is 6.29. The van der Waals surface area contributed by atoms with Crippen LogP contribution in [0.5, 0.6) is 11.5 Å². The summed E-state index contributed by atoms with van der Waals surface area (Å²) in [7, 11) is 0. The fourth-order valence-corrected chi connectivity index (χ4v) is 6.70. The van der Waals surface area contributed by atoms with Gasteiger partial charge in [0.1, 0.15) is 11.5 Å². The van der Waals surface area contributed by atoms with Gasteiger partial charge in [-0.3, -0.25) is 14.8 Å². The topological polar surface area (TPSA) is 99.4 Å². The van der Waals surface area contributed by atoms with Gasteiger partial charge >= 0.3 is 0 Å². The molecule has 3 aliphatic heterocycles. The predicted molar refractivity (Wildman–Crippen MR) is 191 cm³/mol. The number of likely N-dealkylation sites (tertiary alicyclic amines) is 1. The Morgan fingerprint density at radius 2 is 1.94 bits per heavy atom. The molecule has 2 saturated heterocycles. The van der Waals surface area contributed by atoms with Gasteiger partial charge in [0.25, 0.3) is 0 Å². The van der Waals surface area contributed by atoms with Crippen molar-refractivity contribution in [3.8, 4) is 11.5 Å². The molecule has 0 aliphatic carbocycles. The molecule has 2 aromatic rings. The molecule has 0 spiro atoms. The van der Waals surface area contributed by atoms with Crippen molar-refractivity contribution < 1.29 is 14.3 Å². The molecule has 8 heteroatoms. The minimum absolute atomic E-state index is 0.0703. The second-order valence-electron chi connectivity index (χ2n) is 13.2. The Labute approximate surface area is 280 Å². The normalized spacial score (nSPS) is 24.4. The van der Waals surface area contributed by atoms with Gasteiger partial charge in [0.05, 0.1) is 18.0 Å². The van der Waals surface area contributed by atoms with E-state index >= 15 is 0 Å².